The Hall–Kier alpha value is -3.13. The molecule has 0 spiro atoms. The summed E-state index contributed by atoms with van der Waals surface area (Å²) in [5.74, 6) is -0.664. The van der Waals surface area contributed by atoms with E-state index in [0.717, 1.165) is 77.0 Å². The van der Waals surface area contributed by atoms with Gasteiger partial charge in [-0.05, 0) is 83.5 Å². The van der Waals surface area contributed by atoms with E-state index < -0.39 is 5.97 Å². The molecule has 0 aliphatic heterocycles. The van der Waals surface area contributed by atoms with Gasteiger partial charge >= 0.3 is 5.97 Å². The van der Waals surface area contributed by atoms with Crippen LogP contribution in [0.2, 0.25) is 0 Å². The molecule has 2 nitrogen and oxygen atoms in total. The van der Waals surface area contributed by atoms with E-state index in [1.165, 1.54) is 57.8 Å². The fourth-order valence-corrected chi connectivity index (χ4v) is 4.68. The van der Waals surface area contributed by atoms with Gasteiger partial charge < -0.3 is 5.11 Å². The lowest BCUT2D eigenvalue weighted by Gasteiger charge is -2.01. The minimum atomic E-state index is -0.664. The van der Waals surface area contributed by atoms with Gasteiger partial charge in [0, 0.05) is 6.42 Å². The van der Waals surface area contributed by atoms with Crippen LogP contribution in [-0.2, 0) is 4.79 Å². The molecule has 0 heterocycles. The number of hydrogen-bond donors (Lipinski definition) is 1. The summed E-state index contributed by atoms with van der Waals surface area (Å²) in [4.78, 5) is 10.5. The third-order valence-corrected chi connectivity index (χ3v) is 7.36. The van der Waals surface area contributed by atoms with Gasteiger partial charge in [0.15, 0.2) is 0 Å². The highest BCUT2D eigenvalue weighted by Gasteiger charge is 1.96. The predicted molar refractivity (Wildman–Crippen MR) is 206 cm³/mol. The smallest absolute Gasteiger partial charge is 0.303 e. The highest BCUT2D eigenvalue weighted by atomic mass is 16.4. The van der Waals surface area contributed by atoms with Crippen LogP contribution < -0.4 is 0 Å². The van der Waals surface area contributed by atoms with Gasteiger partial charge in [0.2, 0.25) is 0 Å². The summed E-state index contributed by atoms with van der Waals surface area (Å²) < 4.78 is 0. The van der Waals surface area contributed by atoms with Crippen molar-refractivity contribution < 1.29 is 9.90 Å². The van der Waals surface area contributed by atoms with Gasteiger partial charge in [-0.1, -0.05) is 180 Å². The lowest BCUT2D eigenvalue weighted by atomic mass is 10.1. The topological polar surface area (TPSA) is 37.3 Å². The van der Waals surface area contributed by atoms with Crippen molar-refractivity contribution in [2.75, 3.05) is 0 Å². The van der Waals surface area contributed by atoms with E-state index in [4.69, 9.17) is 5.11 Å². The molecule has 0 saturated heterocycles. The molecule has 46 heavy (non-hydrogen) atoms. The Kier molecular flexibility index (Phi) is 37.2. The molecule has 2 heteroatoms. The molecule has 0 rings (SSSR count). The van der Waals surface area contributed by atoms with Crippen molar-refractivity contribution in [1.29, 1.82) is 0 Å². The maximum absolute atomic E-state index is 10.5. The lowest BCUT2D eigenvalue weighted by Crippen LogP contribution is -1.93. The number of carbonyl (C=O) groups is 1. The van der Waals surface area contributed by atoms with Crippen LogP contribution in [0.1, 0.15) is 148 Å². The third-order valence-electron chi connectivity index (χ3n) is 7.36. The summed E-state index contributed by atoms with van der Waals surface area (Å²) in [6.45, 7) is 2.16. The molecule has 0 radical (unpaired) electrons. The van der Waals surface area contributed by atoms with Crippen molar-refractivity contribution in [3.63, 3.8) is 0 Å². The number of aliphatic carboxylic acids is 1. The highest BCUT2D eigenvalue weighted by molar-refractivity contribution is 5.66. The third kappa shape index (κ3) is 40.9. The fourth-order valence-electron chi connectivity index (χ4n) is 4.68. The Labute approximate surface area is 284 Å². The second kappa shape index (κ2) is 39.9. The zero-order valence-electron chi connectivity index (χ0n) is 29.5. The van der Waals surface area contributed by atoms with Gasteiger partial charge in [-0.15, -0.1) is 0 Å². The van der Waals surface area contributed by atoms with Crippen LogP contribution in [0, 0.1) is 0 Å². The van der Waals surface area contributed by atoms with Gasteiger partial charge in [0.1, 0.15) is 0 Å². The average molecular weight is 629 g/mol. The second-order valence-corrected chi connectivity index (χ2v) is 11.7. The van der Waals surface area contributed by atoms with Crippen molar-refractivity contribution in [3.05, 3.63) is 122 Å². The molecule has 0 aromatic heterocycles. The first-order valence-corrected chi connectivity index (χ1v) is 18.5. The molecule has 256 valence electrons. The molecular weight excluding hydrogens is 560 g/mol. The quantitative estimate of drug-likeness (QED) is 0.0594. The van der Waals surface area contributed by atoms with Gasteiger partial charge in [-0.2, -0.15) is 0 Å². The number of unbranched alkanes of at least 4 members (excludes halogenated alkanes) is 10. The first-order chi connectivity index (χ1) is 22.8. The number of rotatable bonds is 32. The summed E-state index contributed by atoms with van der Waals surface area (Å²) in [6.07, 6.45) is 69.1. The number of hydrogen-bond acceptors (Lipinski definition) is 1. The predicted octanol–water partition coefficient (Wildman–Crippen LogP) is 14.2. The Bertz CT molecular complexity index is 948. The molecular formula is C44H68O2. The first-order valence-electron chi connectivity index (χ1n) is 18.5. The minimum absolute atomic E-state index is 0.327. The summed E-state index contributed by atoms with van der Waals surface area (Å²) in [5, 5.41) is 8.63. The van der Waals surface area contributed by atoms with Gasteiger partial charge in [-0.25, -0.2) is 0 Å². The Balaban J connectivity index is 3.50. The van der Waals surface area contributed by atoms with Crippen LogP contribution in [0.25, 0.3) is 0 Å². The van der Waals surface area contributed by atoms with E-state index in [-0.39, 0.29) is 0 Å². The molecule has 0 amide bonds. The maximum Gasteiger partial charge on any atom is 0.303 e. The van der Waals surface area contributed by atoms with E-state index >= 15 is 0 Å². The molecule has 0 atom stereocenters. The molecule has 0 fully saturated rings. The van der Waals surface area contributed by atoms with E-state index in [0.29, 0.717) is 6.42 Å². The van der Waals surface area contributed by atoms with E-state index in [9.17, 15) is 4.79 Å². The van der Waals surface area contributed by atoms with Crippen molar-refractivity contribution in [1.82, 2.24) is 0 Å². The van der Waals surface area contributed by atoms with Gasteiger partial charge in [0.05, 0.1) is 0 Å². The molecule has 0 unspecified atom stereocenters. The molecule has 1 N–H and O–H groups in total. The Morgan fingerprint density at radius 2 is 0.587 bits per heavy atom. The van der Waals surface area contributed by atoms with Crippen LogP contribution in [0.15, 0.2) is 122 Å². The molecule has 0 aromatic carbocycles. The Morgan fingerprint density at radius 1 is 0.348 bits per heavy atom. The largest absolute Gasteiger partial charge is 0.481 e. The molecule has 0 aromatic rings. The summed E-state index contributed by atoms with van der Waals surface area (Å²) in [6, 6.07) is 0. The standard InChI is InChI=1S/C44H68O2/c1-2-3-4-5-6-7-8-9-10-11-12-13-14-15-16-17-18-19-20-21-22-23-24-25-26-27-28-29-30-31-32-33-34-35-36-37-38-39-40-41-42-43-44(45)46/h3-4,6-7,9-10,12-13,15-16,18-19,21-22,24-25,27-28,30-31H,2,5,8,11,14,17,20,23,26,29,32-43H2,1H3,(H,45,46)/b4-3-,7-6-,10-9-,13-12-,16-15-,19-18-,22-21-,25-24-,28-27-,31-30-. The van der Waals surface area contributed by atoms with Crippen molar-refractivity contribution in [2.45, 2.75) is 148 Å². The normalized spacial score (nSPS) is 13.2. The SMILES string of the molecule is CC/C=C\C/C=C\C/C=C\C/C=C\C/C=C\C/C=C\C/C=C\C/C=C\C/C=C\C/C=C\CCCCCCCCCCCCC(=O)O. The van der Waals surface area contributed by atoms with Crippen molar-refractivity contribution in [2.24, 2.45) is 0 Å². The van der Waals surface area contributed by atoms with Crippen LogP contribution in [0.4, 0.5) is 0 Å². The zero-order valence-corrected chi connectivity index (χ0v) is 29.5. The van der Waals surface area contributed by atoms with E-state index in [1.54, 1.807) is 0 Å². The average Bonchev–Trinajstić information content (AvgIpc) is 3.05. The molecule has 0 bridgehead atoms. The number of allylic oxidation sites excluding steroid dienone is 20. The van der Waals surface area contributed by atoms with Gasteiger partial charge in [0.25, 0.3) is 0 Å². The molecule has 0 aliphatic carbocycles. The van der Waals surface area contributed by atoms with Crippen LogP contribution in [0.5, 0.6) is 0 Å². The molecule has 0 saturated carbocycles. The summed E-state index contributed by atoms with van der Waals surface area (Å²) in [7, 11) is 0. The van der Waals surface area contributed by atoms with E-state index in [2.05, 4.69) is 128 Å². The van der Waals surface area contributed by atoms with E-state index in [1.807, 2.05) is 0 Å². The Morgan fingerprint density at radius 3 is 0.870 bits per heavy atom. The molecule has 0 aliphatic rings. The monoisotopic (exact) mass is 629 g/mol. The lowest BCUT2D eigenvalue weighted by molar-refractivity contribution is -0.137. The fraction of sp³-hybridized carbons (Fsp3) is 0.523. The van der Waals surface area contributed by atoms with Crippen molar-refractivity contribution in [3.8, 4) is 0 Å². The van der Waals surface area contributed by atoms with Crippen molar-refractivity contribution >= 4 is 5.97 Å². The number of carboxylic acid groups (broad SMARTS) is 1. The van der Waals surface area contributed by atoms with Gasteiger partial charge in [-0.3, -0.25) is 4.79 Å². The number of carboxylic acids is 1. The van der Waals surface area contributed by atoms with Crippen LogP contribution >= 0.6 is 0 Å². The zero-order chi connectivity index (χ0) is 33.3. The first kappa shape index (κ1) is 42.9. The minimum Gasteiger partial charge on any atom is -0.481 e. The summed E-state index contributed by atoms with van der Waals surface area (Å²) >= 11 is 0. The summed E-state index contributed by atoms with van der Waals surface area (Å²) in [5.41, 5.74) is 0. The highest BCUT2D eigenvalue weighted by Crippen LogP contribution is 2.12. The van der Waals surface area contributed by atoms with Crippen LogP contribution in [-0.4, -0.2) is 11.1 Å². The second-order valence-electron chi connectivity index (χ2n) is 11.7. The maximum atomic E-state index is 10.5. The van der Waals surface area contributed by atoms with Crippen LogP contribution in [0.3, 0.4) is 0 Å².